The fourth-order valence-electron chi connectivity index (χ4n) is 2.51. The molecule has 3 rings (SSSR count). The Bertz CT molecular complexity index is 973. The van der Waals surface area contributed by atoms with Crippen LogP contribution in [0.15, 0.2) is 63.9 Å². The number of benzene rings is 2. The van der Waals surface area contributed by atoms with E-state index < -0.39 is 17.9 Å². The number of ether oxygens (including phenoxy) is 1. The Balaban J connectivity index is 1.70. The van der Waals surface area contributed by atoms with Gasteiger partial charge in [0.2, 0.25) is 11.7 Å². The number of thioether (sulfide) groups is 1. The summed E-state index contributed by atoms with van der Waals surface area (Å²) in [5, 5.41) is 8.73. The van der Waals surface area contributed by atoms with Gasteiger partial charge in [-0.25, -0.2) is 4.98 Å². The Kier molecular flexibility index (Phi) is 6.48. The molecule has 0 amide bonds. The molecule has 0 radical (unpaired) electrons. The Morgan fingerprint density at radius 1 is 1.14 bits per heavy atom. The van der Waals surface area contributed by atoms with E-state index in [4.69, 9.17) is 14.3 Å². The highest BCUT2D eigenvalue weighted by molar-refractivity contribution is 8.00. The number of carboxylic acids is 1. The molecule has 0 atom stereocenters. The van der Waals surface area contributed by atoms with Gasteiger partial charge in [0.25, 0.3) is 0 Å². The molecule has 0 saturated heterocycles. The molecule has 1 aromatic heterocycles. The van der Waals surface area contributed by atoms with Gasteiger partial charge in [-0.3, -0.25) is 4.79 Å². The highest BCUT2D eigenvalue weighted by Gasteiger charge is 2.39. The normalized spacial score (nSPS) is 11.4. The summed E-state index contributed by atoms with van der Waals surface area (Å²) in [6.45, 7) is -0.0447. The predicted octanol–water partition coefficient (Wildman–Crippen LogP) is 5.16. The average molecular weight is 423 g/mol. The van der Waals surface area contributed by atoms with Crippen molar-refractivity contribution in [3.63, 3.8) is 0 Å². The molecule has 29 heavy (non-hydrogen) atoms. The van der Waals surface area contributed by atoms with Crippen molar-refractivity contribution < 1.29 is 32.2 Å². The largest absolute Gasteiger partial charge is 0.493 e. The number of rotatable bonds is 8. The molecule has 5 nitrogen and oxygen atoms in total. The lowest BCUT2D eigenvalue weighted by Crippen LogP contribution is -2.10. The first-order valence-corrected chi connectivity index (χ1v) is 9.51. The molecular weight excluding hydrogens is 407 g/mol. The van der Waals surface area contributed by atoms with Crippen LogP contribution in [0.4, 0.5) is 13.2 Å². The molecule has 0 aliphatic heterocycles. The van der Waals surface area contributed by atoms with Crippen molar-refractivity contribution in [2.24, 2.45) is 0 Å². The van der Waals surface area contributed by atoms with E-state index in [1.165, 1.54) is 0 Å². The topological polar surface area (TPSA) is 72.6 Å². The minimum Gasteiger partial charge on any atom is -0.493 e. The maximum Gasteiger partial charge on any atom is 0.451 e. The summed E-state index contributed by atoms with van der Waals surface area (Å²) in [6, 6.07) is 15.0. The summed E-state index contributed by atoms with van der Waals surface area (Å²) in [7, 11) is 0. The Morgan fingerprint density at radius 3 is 2.59 bits per heavy atom. The first-order chi connectivity index (χ1) is 13.8. The highest BCUT2D eigenvalue weighted by Crippen LogP contribution is 2.35. The number of hydrogen-bond acceptors (Lipinski definition) is 5. The molecule has 3 aromatic rings. The minimum atomic E-state index is -4.66. The van der Waals surface area contributed by atoms with Crippen LogP contribution in [0, 0.1) is 0 Å². The summed E-state index contributed by atoms with van der Waals surface area (Å²) in [5.74, 6) is -1.84. The molecular formula is C20H16F3NO4S. The smallest absolute Gasteiger partial charge is 0.451 e. The maximum absolute atomic E-state index is 13.3. The maximum atomic E-state index is 13.3. The van der Waals surface area contributed by atoms with Crippen LogP contribution in [0.25, 0.3) is 11.5 Å². The van der Waals surface area contributed by atoms with E-state index in [1.54, 1.807) is 54.6 Å². The molecule has 1 heterocycles. The van der Waals surface area contributed by atoms with Crippen molar-refractivity contribution >= 4 is 17.7 Å². The molecule has 0 unspecified atom stereocenters. The number of oxazole rings is 1. The number of hydrogen-bond donors (Lipinski definition) is 1. The molecule has 1 N–H and O–H groups in total. The molecule has 0 aliphatic carbocycles. The van der Waals surface area contributed by atoms with Crippen LogP contribution >= 0.6 is 11.8 Å². The van der Waals surface area contributed by atoms with Crippen LogP contribution < -0.4 is 4.74 Å². The number of carbonyl (C=O) groups is 1. The summed E-state index contributed by atoms with van der Waals surface area (Å²) in [5.41, 5.74) is 0.223. The van der Waals surface area contributed by atoms with Crippen molar-refractivity contribution in [3.8, 4) is 17.2 Å². The molecule has 0 bridgehead atoms. The molecule has 9 heteroatoms. The lowest BCUT2D eigenvalue weighted by Gasteiger charge is -2.08. The van der Waals surface area contributed by atoms with Gasteiger partial charge in [-0.15, -0.1) is 11.8 Å². The van der Waals surface area contributed by atoms with Crippen molar-refractivity contribution in [1.82, 2.24) is 4.98 Å². The second-order valence-corrected chi connectivity index (χ2v) is 6.96. The zero-order valence-corrected chi connectivity index (χ0v) is 15.8. The molecule has 2 aromatic carbocycles. The third-order valence-electron chi connectivity index (χ3n) is 3.75. The molecule has 0 spiro atoms. The van der Waals surface area contributed by atoms with Crippen molar-refractivity contribution in [2.45, 2.75) is 17.5 Å². The SMILES string of the molecule is O=C(O)CSc1cccc(OCCc2nc(-c3ccccc3)oc2C(F)(F)F)c1. The molecule has 0 aliphatic rings. The van der Waals surface area contributed by atoms with Crippen LogP contribution in [-0.2, 0) is 17.4 Å². The summed E-state index contributed by atoms with van der Waals surface area (Å²) >= 11 is 1.12. The van der Waals surface area contributed by atoms with E-state index in [-0.39, 0.29) is 30.4 Å². The van der Waals surface area contributed by atoms with Crippen molar-refractivity contribution in [2.75, 3.05) is 12.4 Å². The Hall–Kier alpha value is -2.94. The highest BCUT2D eigenvalue weighted by atomic mass is 32.2. The summed E-state index contributed by atoms with van der Waals surface area (Å²) < 4.78 is 50.4. The summed E-state index contributed by atoms with van der Waals surface area (Å²) in [4.78, 5) is 15.3. The number of aromatic nitrogens is 1. The van der Waals surface area contributed by atoms with Gasteiger partial charge in [-0.2, -0.15) is 13.2 Å². The van der Waals surface area contributed by atoms with E-state index in [0.29, 0.717) is 16.2 Å². The lowest BCUT2D eigenvalue weighted by atomic mass is 10.2. The van der Waals surface area contributed by atoms with Crippen molar-refractivity contribution in [3.05, 3.63) is 66.1 Å². The minimum absolute atomic E-state index is 0.0447. The molecule has 0 saturated carbocycles. The molecule has 0 fully saturated rings. The van der Waals surface area contributed by atoms with Gasteiger partial charge in [0.1, 0.15) is 5.75 Å². The van der Waals surface area contributed by atoms with Crippen molar-refractivity contribution in [1.29, 1.82) is 0 Å². The summed E-state index contributed by atoms with van der Waals surface area (Å²) in [6.07, 6.45) is -4.76. The van der Waals surface area contributed by atoms with Crippen LogP contribution in [0.5, 0.6) is 5.75 Å². The van der Waals surface area contributed by atoms with Gasteiger partial charge in [0, 0.05) is 16.9 Å². The Labute approximate surface area is 168 Å². The zero-order chi connectivity index (χ0) is 20.9. The van der Waals surface area contributed by atoms with E-state index >= 15 is 0 Å². The van der Waals surface area contributed by atoms with Crippen LogP contribution in [-0.4, -0.2) is 28.4 Å². The van der Waals surface area contributed by atoms with Gasteiger partial charge < -0.3 is 14.3 Å². The van der Waals surface area contributed by atoms with Gasteiger partial charge in [0.15, 0.2) is 0 Å². The number of alkyl halides is 3. The number of halogens is 3. The fourth-order valence-corrected chi connectivity index (χ4v) is 3.18. The lowest BCUT2D eigenvalue weighted by molar-refractivity contribution is -0.153. The standard InChI is InChI=1S/C20H16F3NO4S/c21-20(22,23)18-16(24-19(28-18)13-5-2-1-3-6-13)9-10-27-14-7-4-8-15(11-14)29-12-17(25)26/h1-8,11H,9-10,12H2,(H,25,26). The fraction of sp³-hybridized carbons (Fsp3) is 0.200. The first-order valence-electron chi connectivity index (χ1n) is 8.52. The number of nitrogens with zero attached hydrogens (tertiary/aromatic N) is 1. The van der Waals surface area contributed by atoms with Gasteiger partial charge in [-0.05, 0) is 30.3 Å². The monoisotopic (exact) mass is 423 g/mol. The van der Waals surface area contributed by atoms with E-state index in [1.807, 2.05) is 0 Å². The second kappa shape index (κ2) is 9.04. The number of carboxylic acid groups (broad SMARTS) is 1. The van der Waals surface area contributed by atoms with Gasteiger partial charge in [0.05, 0.1) is 18.1 Å². The van der Waals surface area contributed by atoms with Gasteiger partial charge in [-0.1, -0.05) is 24.3 Å². The van der Waals surface area contributed by atoms with E-state index in [2.05, 4.69) is 4.98 Å². The van der Waals surface area contributed by atoms with Crippen LogP contribution in [0.1, 0.15) is 11.5 Å². The predicted molar refractivity (Wildman–Crippen MR) is 101 cm³/mol. The second-order valence-electron chi connectivity index (χ2n) is 5.91. The first kappa shape index (κ1) is 20.8. The average Bonchev–Trinajstić information content (AvgIpc) is 3.12. The van der Waals surface area contributed by atoms with E-state index in [0.717, 1.165) is 11.8 Å². The Morgan fingerprint density at radius 2 is 1.90 bits per heavy atom. The van der Waals surface area contributed by atoms with Crippen LogP contribution in [0.3, 0.4) is 0 Å². The quantitative estimate of drug-likeness (QED) is 0.505. The number of aliphatic carboxylic acids is 1. The van der Waals surface area contributed by atoms with Crippen LogP contribution in [0.2, 0.25) is 0 Å². The van der Waals surface area contributed by atoms with E-state index in [9.17, 15) is 18.0 Å². The third kappa shape index (κ3) is 5.77. The van der Waals surface area contributed by atoms with Gasteiger partial charge >= 0.3 is 12.1 Å². The zero-order valence-electron chi connectivity index (χ0n) is 15.0. The molecule has 152 valence electrons. The third-order valence-corrected chi connectivity index (χ3v) is 4.73.